The molecule has 0 radical (unpaired) electrons. The van der Waals surface area contributed by atoms with Crippen molar-refractivity contribution >= 4 is 22.7 Å². The molecule has 0 saturated heterocycles. The van der Waals surface area contributed by atoms with Gasteiger partial charge in [-0.05, 0) is 24.3 Å². The highest BCUT2D eigenvalue weighted by atomic mass is 19.1. The summed E-state index contributed by atoms with van der Waals surface area (Å²) < 4.78 is 15.8. The van der Waals surface area contributed by atoms with Gasteiger partial charge >= 0.3 is 0 Å². The lowest BCUT2D eigenvalue weighted by Crippen LogP contribution is -2.16. The first-order valence-corrected chi connectivity index (χ1v) is 8.75. The van der Waals surface area contributed by atoms with Crippen molar-refractivity contribution in [2.24, 2.45) is 0 Å². The van der Waals surface area contributed by atoms with Gasteiger partial charge in [0.1, 0.15) is 47.3 Å². The maximum absolute atomic E-state index is 14.0. The first-order valence-electron chi connectivity index (χ1n) is 8.75. The first-order chi connectivity index (χ1) is 14.1. The standard InChI is InChI=1S/C21H16FN7/c1-2-16(27-20-15(11-23)19(24)25-12-26-20)21-28-17-9-8-13(22)10-18(17)29(21)14-6-4-3-5-7-14/h2-10,12,16H,1H2,(H3,24,25,26,27). The van der Waals surface area contributed by atoms with Crippen LogP contribution in [0.3, 0.4) is 0 Å². The average Bonchev–Trinajstić information content (AvgIpc) is 3.11. The molecule has 0 fully saturated rings. The zero-order chi connectivity index (χ0) is 20.4. The molecule has 0 aliphatic carbocycles. The van der Waals surface area contributed by atoms with Crippen LogP contribution in [0.1, 0.15) is 17.4 Å². The van der Waals surface area contributed by atoms with Crippen LogP contribution in [0, 0.1) is 17.1 Å². The highest BCUT2D eigenvalue weighted by molar-refractivity contribution is 5.79. The van der Waals surface area contributed by atoms with Crippen LogP contribution >= 0.6 is 0 Å². The van der Waals surface area contributed by atoms with Gasteiger partial charge in [-0.25, -0.2) is 19.3 Å². The Balaban J connectivity index is 1.89. The van der Waals surface area contributed by atoms with Crippen LogP contribution in [0.25, 0.3) is 16.7 Å². The number of benzene rings is 2. The zero-order valence-corrected chi connectivity index (χ0v) is 15.2. The maximum Gasteiger partial charge on any atom is 0.150 e. The van der Waals surface area contributed by atoms with E-state index in [-0.39, 0.29) is 23.0 Å². The third-order valence-corrected chi connectivity index (χ3v) is 4.45. The van der Waals surface area contributed by atoms with Crippen molar-refractivity contribution in [3.63, 3.8) is 0 Å². The number of para-hydroxylation sites is 1. The molecule has 7 nitrogen and oxygen atoms in total. The summed E-state index contributed by atoms with van der Waals surface area (Å²) in [6, 6.07) is 15.4. The van der Waals surface area contributed by atoms with Crippen LogP contribution in [0.4, 0.5) is 16.0 Å². The molecular weight excluding hydrogens is 369 g/mol. The molecule has 2 heterocycles. The van der Waals surface area contributed by atoms with Gasteiger partial charge in [-0.3, -0.25) is 4.57 Å². The van der Waals surface area contributed by atoms with Crippen molar-refractivity contribution in [1.82, 2.24) is 19.5 Å². The molecule has 4 rings (SSSR count). The molecule has 142 valence electrons. The van der Waals surface area contributed by atoms with Crippen molar-refractivity contribution < 1.29 is 4.39 Å². The summed E-state index contributed by atoms with van der Waals surface area (Å²) >= 11 is 0. The number of nitriles is 1. The summed E-state index contributed by atoms with van der Waals surface area (Å²) in [5, 5.41) is 12.5. The number of hydrogen-bond acceptors (Lipinski definition) is 6. The number of nitrogens with one attached hydrogen (secondary N) is 1. The number of nitrogens with zero attached hydrogens (tertiary/aromatic N) is 5. The van der Waals surface area contributed by atoms with E-state index in [4.69, 9.17) is 5.73 Å². The number of halogens is 1. The van der Waals surface area contributed by atoms with Crippen LogP contribution in [-0.4, -0.2) is 19.5 Å². The van der Waals surface area contributed by atoms with Crippen molar-refractivity contribution in [2.45, 2.75) is 6.04 Å². The molecule has 0 spiro atoms. The molecular formula is C21H16FN7. The molecule has 3 N–H and O–H groups in total. The van der Waals surface area contributed by atoms with Crippen LogP contribution < -0.4 is 11.1 Å². The Morgan fingerprint density at radius 1 is 1.21 bits per heavy atom. The molecule has 0 amide bonds. The maximum atomic E-state index is 14.0. The van der Waals surface area contributed by atoms with Crippen molar-refractivity contribution in [3.05, 3.63) is 84.7 Å². The Morgan fingerprint density at radius 2 is 2.00 bits per heavy atom. The predicted octanol–water partition coefficient (Wildman–Crippen LogP) is 3.75. The SMILES string of the molecule is C=CC(Nc1ncnc(N)c1C#N)c1nc2ccc(F)cc2n1-c1ccccc1. The van der Waals surface area contributed by atoms with Gasteiger partial charge in [0.2, 0.25) is 0 Å². The fraction of sp³-hybridized carbons (Fsp3) is 0.0476. The van der Waals surface area contributed by atoms with Crippen LogP contribution in [-0.2, 0) is 0 Å². The third-order valence-electron chi connectivity index (χ3n) is 4.45. The number of rotatable bonds is 5. The van der Waals surface area contributed by atoms with Crippen molar-refractivity contribution in [3.8, 4) is 11.8 Å². The van der Waals surface area contributed by atoms with Gasteiger partial charge in [0.05, 0.1) is 11.0 Å². The molecule has 1 atom stereocenters. The quantitative estimate of drug-likeness (QED) is 0.507. The minimum atomic E-state index is -0.535. The molecule has 0 bridgehead atoms. The predicted molar refractivity (Wildman–Crippen MR) is 109 cm³/mol. The fourth-order valence-electron chi connectivity index (χ4n) is 3.12. The number of hydrogen-bond donors (Lipinski definition) is 2. The van der Waals surface area contributed by atoms with E-state index < -0.39 is 6.04 Å². The molecule has 1 unspecified atom stereocenters. The van der Waals surface area contributed by atoms with Crippen molar-refractivity contribution in [1.29, 1.82) is 5.26 Å². The second-order valence-corrected chi connectivity index (χ2v) is 6.23. The Kier molecular flexibility index (Phi) is 4.63. The van der Waals surface area contributed by atoms with Crippen LogP contribution in [0.2, 0.25) is 0 Å². The topological polar surface area (TPSA) is 105 Å². The third kappa shape index (κ3) is 3.26. The van der Waals surface area contributed by atoms with E-state index >= 15 is 0 Å². The molecule has 0 aliphatic heterocycles. The molecule has 0 aliphatic rings. The van der Waals surface area contributed by atoms with Gasteiger partial charge in [-0.1, -0.05) is 24.3 Å². The normalized spacial score (nSPS) is 11.7. The number of imidazole rings is 1. The number of aromatic nitrogens is 4. The summed E-state index contributed by atoms with van der Waals surface area (Å²) in [5.74, 6) is 0.543. The van der Waals surface area contributed by atoms with Crippen LogP contribution in [0.5, 0.6) is 0 Å². The van der Waals surface area contributed by atoms with E-state index in [0.29, 0.717) is 16.9 Å². The second kappa shape index (κ2) is 7.40. The largest absolute Gasteiger partial charge is 0.382 e. The van der Waals surface area contributed by atoms with E-state index in [0.717, 1.165) is 5.69 Å². The van der Waals surface area contributed by atoms with Gasteiger partial charge in [0.15, 0.2) is 0 Å². The number of nitrogens with two attached hydrogens (primary N) is 1. The highest BCUT2D eigenvalue weighted by Gasteiger charge is 2.21. The van der Waals surface area contributed by atoms with Crippen LogP contribution in [0.15, 0.2) is 67.5 Å². The molecule has 0 saturated carbocycles. The summed E-state index contributed by atoms with van der Waals surface area (Å²) in [6.45, 7) is 3.89. The summed E-state index contributed by atoms with van der Waals surface area (Å²) in [6.07, 6.45) is 2.91. The number of fused-ring (bicyclic) bond motifs is 1. The Hall–Kier alpha value is -4.25. The Morgan fingerprint density at radius 3 is 2.72 bits per heavy atom. The minimum Gasteiger partial charge on any atom is -0.382 e. The molecule has 2 aromatic heterocycles. The fourth-order valence-corrected chi connectivity index (χ4v) is 3.12. The van der Waals surface area contributed by atoms with Gasteiger partial charge in [0, 0.05) is 11.8 Å². The Labute approximate surface area is 166 Å². The first kappa shape index (κ1) is 18.1. The number of nitrogen functional groups attached to an aromatic ring is 1. The smallest absolute Gasteiger partial charge is 0.150 e. The lowest BCUT2D eigenvalue weighted by molar-refractivity contribution is 0.629. The molecule has 8 heteroatoms. The molecule has 2 aromatic carbocycles. The molecule has 4 aromatic rings. The summed E-state index contributed by atoms with van der Waals surface area (Å²) in [4.78, 5) is 12.6. The highest BCUT2D eigenvalue weighted by Crippen LogP contribution is 2.29. The van der Waals surface area contributed by atoms with Gasteiger partial charge in [0.25, 0.3) is 0 Å². The minimum absolute atomic E-state index is 0.0754. The average molecular weight is 385 g/mol. The zero-order valence-electron chi connectivity index (χ0n) is 15.2. The van der Waals surface area contributed by atoms with Crippen molar-refractivity contribution in [2.75, 3.05) is 11.1 Å². The summed E-state index contributed by atoms with van der Waals surface area (Å²) in [5.41, 5.74) is 7.97. The van der Waals surface area contributed by atoms with Gasteiger partial charge < -0.3 is 11.1 Å². The monoisotopic (exact) mass is 385 g/mol. The number of anilines is 2. The van der Waals surface area contributed by atoms with E-state index in [1.807, 2.05) is 41.0 Å². The molecule has 29 heavy (non-hydrogen) atoms. The van der Waals surface area contributed by atoms with Gasteiger partial charge in [-0.15, -0.1) is 6.58 Å². The summed E-state index contributed by atoms with van der Waals surface area (Å²) in [7, 11) is 0. The van der Waals surface area contributed by atoms with E-state index in [1.165, 1.54) is 18.5 Å². The van der Waals surface area contributed by atoms with E-state index in [2.05, 4.69) is 26.8 Å². The van der Waals surface area contributed by atoms with E-state index in [1.54, 1.807) is 12.1 Å². The van der Waals surface area contributed by atoms with E-state index in [9.17, 15) is 9.65 Å². The lowest BCUT2D eigenvalue weighted by atomic mass is 10.2. The lowest BCUT2D eigenvalue weighted by Gasteiger charge is -2.18. The van der Waals surface area contributed by atoms with Gasteiger partial charge in [-0.2, -0.15) is 5.26 Å². The second-order valence-electron chi connectivity index (χ2n) is 6.23. The Bertz CT molecular complexity index is 1240.